The number of ether oxygens (including phenoxy) is 1. The maximum absolute atomic E-state index is 13.0. The molecule has 1 aliphatic heterocycles. The minimum atomic E-state index is -0.851. The molecule has 1 saturated heterocycles. The van der Waals surface area contributed by atoms with E-state index < -0.39 is 23.8 Å². The number of carbonyl (C=O) groups is 4. The first kappa shape index (κ1) is 22.5. The standard InChI is InChI=1S/C23H14BrClN2O6/c1-32-22(30)12-2-8-18(25)16(10-12)19-9-7-15(33-19)11-17-20(28)26-23(31)27(21(17)29)14-5-3-13(24)4-6-14/h2-11H,1H3,(H,26,28,31)/b17-11+. The number of hydrogen-bond acceptors (Lipinski definition) is 6. The fourth-order valence-corrected chi connectivity index (χ4v) is 3.63. The summed E-state index contributed by atoms with van der Waals surface area (Å²) in [5.74, 6) is -1.70. The summed E-state index contributed by atoms with van der Waals surface area (Å²) in [5, 5.41) is 2.48. The molecule has 0 bridgehead atoms. The first-order valence-corrected chi connectivity index (χ1v) is 10.6. The fraction of sp³-hybridized carbons (Fsp3) is 0.0435. The van der Waals surface area contributed by atoms with E-state index >= 15 is 0 Å². The average Bonchev–Trinajstić information content (AvgIpc) is 3.26. The topological polar surface area (TPSA) is 106 Å². The van der Waals surface area contributed by atoms with Gasteiger partial charge in [-0.25, -0.2) is 14.5 Å². The van der Waals surface area contributed by atoms with Crippen LogP contribution in [0.2, 0.25) is 5.02 Å². The quantitative estimate of drug-likeness (QED) is 0.295. The lowest BCUT2D eigenvalue weighted by Gasteiger charge is -2.26. The number of hydrogen-bond donors (Lipinski definition) is 1. The molecule has 0 aliphatic carbocycles. The van der Waals surface area contributed by atoms with Crippen LogP contribution in [0.4, 0.5) is 10.5 Å². The molecule has 4 amide bonds. The monoisotopic (exact) mass is 528 g/mol. The zero-order valence-electron chi connectivity index (χ0n) is 16.9. The Labute approximate surface area is 200 Å². The van der Waals surface area contributed by atoms with Gasteiger partial charge in [0.2, 0.25) is 0 Å². The van der Waals surface area contributed by atoms with Gasteiger partial charge in [0.25, 0.3) is 11.8 Å². The lowest BCUT2D eigenvalue weighted by molar-refractivity contribution is -0.122. The number of nitrogens with zero attached hydrogens (tertiary/aromatic N) is 1. The van der Waals surface area contributed by atoms with E-state index in [4.69, 9.17) is 20.8 Å². The number of carbonyl (C=O) groups excluding carboxylic acids is 4. The molecule has 1 aliphatic rings. The second kappa shape index (κ2) is 9.05. The van der Waals surface area contributed by atoms with Gasteiger partial charge in [0.1, 0.15) is 17.1 Å². The normalized spacial score (nSPS) is 15.1. The molecule has 166 valence electrons. The Kier molecular flexibility index (Phi) is 6.17. The molecule has 3 aromatic rings. The summed E-state index contributed by atoms with van der Waals surface area (Å²) in [6, 6.07) is 13.3. The van der Waals surface area contributed by atoms with Crippen LogP contribution in [0.15, 0.2) is 69.1 Å². The second-order valence-corrected chi connectivity index (χ2v) is 8.15. The summed E-state index contributed by atoms with van der Waals surface area (Å²) in [4.78, 5) is 50.3. The highest BCUT2D eigenvalue weighted by atomic mass is 79.9. The molecule has 0 radical (unpaired) electrons. The van der Waals surface area contributed by atoms with Gasteiger partial charge in [-0.3, -0.25) is 14.9 Å². The van der Waals surface area contributed by atoms with Gasteiger partial charge in [0.15, 0.2) is 0 Å². The predicted molar refractivity (Wildman–Crippen MR) is 124 cm³/mol. The number of amides is 4. The summed E-state index contributed by atoms with van der Waals surface area (Å²) in [7, 11) is 1.27. The van der Waals surface area contributed by atoms with Crippen molar-refractivity contribution in [3.8, 4) is 11.3 Å². The van der Waals surface area contributed by atoms with E-state index in [0.29, 0.717) is 22.0 Å². The molecule has 0 spiro atoms. The number of urea groups is 1. The van der Waals surface area contributed by atoms with Crippen LogP contribution in [0, 0.1) is 0 Å². The number of rotatable bonds is 4. The maximum atomic E-state index is 13.0. The third kappa shape index (κ3) is 4.46. The molecule has 1 aromatic heterocycles. The molecule has 33 heavy (non-hydrogen) atoms. The number of anilines is 1. The van der Waals surface area contributed by atoms with Gasteiger partial charge in [-0.15, -0.1) is 0 Å². The van der Waals surface area contributed by atoms with Crippen molar-refractivity contribution in [2.24, 2.45) is 0 Å². The number of methoxy groups -OCH3 is 1. The van der Waals surface area contributed by atoms with E-state index in [1.54, 1.807) is 30.3 Å². The number of esters is 1. The summed E-state index contributed by atoms with van der Waals surface area (Å²) in [6.45, 7) is 0. The zero-order chi connectivity index (χ0) is 23.7. The van der Waals surface area contributed by atoms with E-state index in [-0.39, 0.29) is 16.9 Å². The van der Waals surface area contributed by atoms with Crippen molar-refractivity contribution in [3.05, 3.63) is 81.0 Å². The highest BCUT2D eigenvalue weighted by molar-refractivity contribution is 9.10. The van der Waals surface area contributed by atoms with Gasteiger partial charge in [0, 0.05) is 10.0 Å². The van der Waals surface area contributed by atoms with Crippen LogP contribution in [0.1, 0.15) is 16.1 Å². The molecule has 0 saturated carbocycles. The van der Waals surface area contributed by atoms with E-state index in [0.717, 1.165) is 9.37 Å². The molecule has 2 heterocycles. The third-order valence-electron chi connectivity index (χ3n) is 4.75. The largest absolute Gasteiger partial charge is 0.465 e. The van der Waals surface area contributed by atoms with Crippen molar-refractivity contribution >= 4 is 63.1 Å². The molecule has 4 rings (SSSR count). The number of nitrogens with one attached hydrogen (secondary N) is 1. The van der Waals surface area contributed by atoms with E-state index in [1.165, 1.54) is 37.5 Å². The van der Waals surface area contributed by atoms with Gasteiger partial charge < -0.3 is 9.15 Å². The third-order valence-corrected chi connectivity index (χ3v) is 5.61. The van der Waals surface area contributed by atoms with Crippen LogP contribution >= 0.6 is 27.5 Å². The zero-order valence-corrected chi connectivity index (χ0v) is 19.3. The Bertz CT molecular complexity index is 1330. The van der Waals surface area contributed by atoms with E-state index in [9.17, 15) is 19.2 Å². The van der Waals surface area contributed by atoms with Gasteiger partial charge in [-0.05, 0) is 60.7 Å². The Morgan fingerprint density at radius 2 is 1.82 bits per heavy atom. The number of benzene rings is 2. The Balaban J connectivity index is 1.68. The smallest absolute Gasteiger partial charge is 0.337 e. The van der Waals surface area contributed by atoms with Crippen LogP contribution in [0.25, 0.3) is 17.4 Å². The van der Waals surface area contributed by atoms with Crippen LogP contribution in [-0.2, 0) is 14.3 Å². The molecule has 10 heteroatoms. The summed E-state index contributed by atoms with van der Waals surface area (Å²) in [6.07, 6.45) is 1.23. The van der Waals surface area contributed by atoms with Crippen molar-refractivity contribution in [1.82, 2.24) is 5.32 Å². The van der Waals surface area contributed by atoms with Crippen molar-refractivity contribution in [1.29, 1.82) is 0 Å². The van der Waals surface area contributed by atoms with Crippen LogP contribution in [0.5, 0.6) is 0 Å². The summed E-state index contributed by atoms with van der Waals surface area (Å²) in [5.41, 5.74) is 0.715. The van der Waals surface area contributed by atoms with Crippen molar-refractivity contribution in [2.45, 2.75) is 0 Å². The van der Waals surface area contributed by atoms with Gasteiger partial charge in [-0.2, -0.15) is 0 Å². The highest BCUT2D eigenvalue weighted by Crippen LogP contribution is 2.32. The molecule has 2 aromatic carbocycles. The molecule has 1 N–H and O–H groups in total. The fourth-order valence-electron chi connectivity index (χ4n) is 3.16. The lowest BCUT2D eigenvalue weighted by Crippen LogP contribution is -2.54. The minimum Gasteiger partial charge on any atom is -0.465 e. The van der Waals surface area contributed by atoms with Crippen LogP contribution in [-0.4, -0.2) is 30.9 Å². The second-order valence-electron chi connectivity index (χ2n) is 6.82. The minimum absolute atomic E-state index is 0.174. The van der Waals surface area contributed by atoms with Gasteiger partial charge in [0.05, 0.1) is 23.4 Å². The first-order chi connectivity index (χ1) is 15.8. The number of furan rings is 1. The summed E-state index contributed by atoms with van der Waals surface area (Å²) < 4.78 is 11.2. The van der Waals surface area contributed by atoms with Gasteiger partial charge in [-0.1, -0.05) is 27.5 Å². The molecule has 1 fully saturated rings. The van der Waals surface area contributed by atoms with Crippen molar-refractivity contribution in [3.63, 3.8) is 0 Å². The first-order valence-electron chi connectivity index (χ1n) is 9.43. The van der Waals surface area contributed by atoms with Crippen LogP contribution < -0.4 is 10.2 Å². The van der Waals surface area contributed by atoms with Gasteiger partial charge >= 0.3 is 12.0 Å². The van der Waals surface area contributed by atoms with E-state index in [1.807, 2.05) is 0 Å². The number of imide groups is 2. The molecule has 0 atom stereocenters. The lowest BCUT2D eigenvalue weighted by atomic mass is 10.1. The van der Waals surface area contributed by atoms with Crippen LogP contribution in [0.3, 0.4) is 0 Å². The highest BCUT2D eigenvalue weighted by Gasteiger charge is 2.37. The van der Waals surface area contributed by atoms with Crippen molar-refractivity contribution < 1.29 is 28.3 Å². The summed E-state index contributed by atoms with van der Waals surface area (Å²) >= 11 is 9.54. The Morgan fingerprint density at radius 3 is 2.52 bits per heavy atom. The molecular weight excluding hydrogens is 516 g/mol. The van der Waals surface area contributed by atoms with E-state index in [2.05, 4.69) is 21.2 Å². The SMILES string of the molecule is COC(=O)c1ccc(Cl)c(-c2ccc(/C=C3\C(=O)NC(=O)N(c4ccc(Br)cc4)C3=O)o2)c1. The molecule has 0 unspecified atom stereocenters. The number of barbiturate groups is 1. The Hall–Kier alpha value is -3.69. The Morgan fingerprint density at radius 1 is 1.09 bits per heavy atom. The number of halogens is 2. The van der Waals surface area contributed by atoms with Crippen molar-refractivity contribution in [2.75, 3.05) is 12.0 Å². The molecule has 8 nitrogen and oxygen atoms in total. The average molecular weight is 530 g/mol. The molecular formula is C23H14BrClN2O6. The maximum Gasteiger partial charge on any atom is 0.337 e. The predicted octanol–water partition coefficient (Wildman–Crippen LogP) is 4.82.